The SMILES string of the molecule is COc1ccc(OC)c(C(C)NC(=O)c2n[nH]c([N+](=O)[O-])c2Cl)c1. The molecule has 0 saturated carbocycles. The number of aromatic amines is 1. The van der Waals surface area contributed by atoms with Crippen molar-refractivity contribution in [3.05, 3.63) is 44.6 Å². The Morgan fingerprint density at radius 1 is 1.42 bits per heavy atom. The lowest BCUT2D eigenvalue weighted by atomic mass is 10.1. The van der Waals surface area contributed by atoms with Gasteiger partial charge in [-0.2, -0.15) is 0 Å². The second kappa shape index (κ2) is 7.18. The lowest BCUT2D eigenvalue weighted by Crippen LogP contribution is -2.27. The van der Waals surface area contributed by atoms with Crippen molar-refractivity contribution in [2.24, 2.45) is 0 Å². The van der Waals surface area contributed by atoms with Crippen molar-refractivity contribution in [1.82, 2.24) is 15.5 Å². The van der Waals surface area contributed by atoms with Crippen molar-refractivity contribution >= 4 is 23.3 Å². The molecule has 1 unspecified atom stereocenters. The molecule has 24 heavy (non-hydrogen) atoms. The predicted molar refractivity (Wildman–Crippen MR) is 85.7 cm³/mol. The molecule has 1 aromatic heterocycles. The first-order chi connectivity index (χ1) is 11.4. The molecule has 0 radical (unpaired) electrons. The van der Waals surface area contributed by atoms with Gasteiger partial charge in [0.15, 0.2) is 10.7 Å². The Labute approximate surface area is 142 Å². The van der Waals surface area contributed by atoms with Crippen molar-refractivity contribution in [3.63, 3.8) is 0 Å². The molecular weight excluding hydrogens is 340 g/mol. The summed E-state index contributed by atoms with van der Waals surface area (Å²) in [6, 6.07) is 4.68. The Balaban J connectivity index is 2.25. The Bertz CT molecular complexity index is 777. The summed E-state index contributed by atoms with van der Waals surface area (Å²) in [6.07, 6.45) is 0. The number of amides is 1. The van der Waals surface area contributed by atoms with Crippen molar-refractivity contribution in [2.75, 3.05) is 14.2 Å². The number of H-pyrrole nitrogens is 1. The van der Waals surface area contributed by atoms with Gasteiger partial charge in [-0.3, -0.25) is 4.79 Å². The maximum atomic E-state index is 12.3. The van der Waals surface area contributed by atoms with Gasteiger partial charge in [0.1, 0.15) is 11.5 Å². The number of ether oxygens (including phenoxy) is 2. The quantitative estimate of drug-likeness (QED) is 0.607. The minimum Gasteiger partial charge on any atom is -0.497 e. The van der Waals surface area contributed by atoms with Crippen LogP contribution < -0.4 is 14.8 Å². The largest absolute Gasteiger partial charge is 0.497 e. The summed E-state index contributed by atoms with van der Waals surface area (Å²) in [5.74, 6) is -0.0294. The minimum absolute atomic E-state index is 0.253. The second-order valence-electron chi connectivity index (χ2n) is 4.79. The van der Waals surface area contributed by atoms with Crippen LogP contribution in [-0.2, 0) is 0 Å². The second-order valence-corrected chi connectivity index (χ2v) is 5.17. The van der Waals surface area contributed by atoms with Gasteiger partial charge in [-0.15, -0.1) is 5.10 Å². The van der Waals surface area contributed by atoms with Crippen LogP contribution in [0, 0.1) is 10.1 Å². The molecule has 10 heteroatoms. The third-order valence-corrected chi connectivity index (χ3v) is 3.70. The Morgan fingerprint density at radius 3 is 2.67 bits per heavy atom. The highest BCUT2D eigenvalue weighted by Gasteiger charge is 2.26. The Kier molecular flexibility index (Phi) is 5.24. The number of halogens is 1. The average Bonchev–Trinajstić information content (AvgIpc) is 2.95. The van der Waals surface area contributed by atoms with Crippen LogP contribution in [0.5, 0.6) is 11.5 Å². The molecular formula is C14H15ClN4O5. The zero-order chi connectivity index (χ0) is 17.9. The highest BCUT2D eigenvalue weighted by atomic mass is 35.5. The lowest BCUT2D eigenvalue weighted by molar-refractivity contribution is -0.389. The van der Waals surface area contributed by atoms with E-state index < -0.39 is 22.7 Å². The normalized spacial score (nSPS) is 11.7. The van der Waals surface area contributed by atoms with E-state index in [1.807, 2.05) is 0 Å². The van der Waals surface area contributed by atoms with Crippen molar-refractivity contribution in [2.45, 2.75) is 13.0 Å². The van der Waals surface area contributed by atoms with Gasteiger partial charge in [-0.25, -0.2) is 0 Å². The molecule has 0 aliphatic carbocycles. The number of nitrogens with zero attached hydrogens (tertiary/aromatic N) is 2. The fourth-order valence-corrected chi connectivity index (χ4v) is 2.35. The maximum absolute atomic E-state index is 12.3. The number of aromatic nitrogens is 2. The Morgan fingerprint density at radius 2 is 2.12 bits per heavy atom. The number of nitro groups is 1. The van der Waals surface area contributed by atoms with E-state index in [4.69, 9.17) is 21.1 Å². The molecule has 2 aromatic rings. The first-order valence-electron chi connectivity index (χ1n) is 6.80. The van der Waals surface area contributed by atoms with Crippen LogP contribution in [0.3, 0.4) is 0 Å². The van der Waals surface area contributed by atoms with E-state index in [0.717, 1.165) is 0 Å². The molecule has 0 bridgehead atoms. The van der Waals surface area contributed by atoms with Crippen molar-refractivity contribution < 1.29 is 19.2 Å². The number of nitrogens with one attached hydrogen (secondary N) is 2. The summed E-state index contributed by atoms with van der Waals surface area (Å²) in [6.45, 7) is 1.73. The molecule has 0 aliphatic heterocycles. The third-order valence-electron chi connectivity index (χ3n) is 3.34. The molecule has 128 valence electrons. The average molecular weight is 355 g/mol. The van der Waals surface area contributed by atoms with Crippen LogP contribution >= 0.6 is 11.6 Å². The summed E-state index contributed by atoms with van der Waals surface area (Å²) in [5.41, 5.74) is 0.420. The summed E-state index contributed by atoms with van der Waals surface area (Å²) in [7, 11) is 3.03. The van der Waals surface area contributed by atoms with Gasteiger partial charge in [-0.05, 0) is 30.0 Å². The molecule has 2 rings (SSSR count). The van der Waals surface area contributed by atoms with Gasteiger partial charge >= 0.3 is 5.82 Å². The van der Waals surface area contributed by atoms with E-state index in [1.54, 1.807) is 25.1 Å². The monoisotopic (exact) mass is 354 g/mol. The molecule has 0 spiro atoms. The number of carbonyl (C=O) groups excluding carboxylic acids is 1. The highest BCUT2D eigenvalue weighted by Crippen LogP contribution is 2.30. The number of hydrogen-bond acceptors (Lipinski definition) is 6. The fourth-order valence-electron chi connectivity index (χ4n) is 2.11. The van der Waals surface area contributed by atoms with Crippen molar-refractivity contribution in [1.29, 1.82) is 0 Å². The van der Waals surface area contributed by atoms with E-state index in [2.05, 4.69) is 15.5 Å². The number of benzene rings is 1. The standard InChI is InChI=1S/C14H15ClN4O5/c1-7(9-6-8(23-2)4-5-10(9)24-3)16-14(20)12-11(15)13(18-17-12)19(21)22/h4-7H,1-3H3,(H,16,20)(H,17,18). The predicted octanol–water partition coefficient (Wildman–Crippen LogP) is 2.48. The molecule has 1 atom stereocenters. The van der Waals surface area contributed by atoms with Gasteiger partial charge in [0.25, 0.3) is 5.91 Å². The summed E-state index contributed by atoms with van der Waals surface area (Å²) >= 11 is 5.81. The van der Waals surface area contributed by atoms with Crippen LogP contribution in [0.15, 0.2) is 18.2 Å². The first-order valence-corrected chi connectivity index (χ1v) is 7.17. The topological polar surface area (TPSA) is 119 Å². The van der Waals surface area contributed by atoms with E-state index in [1.165, 1.54) is 14.2 Å². The molecule has 0 saturated heterocycles. The maximum Gasteiger partial charge on any atom is 0.362 e. The molecule has 9 nitrogen and oxygen atoms in total. The minimum atomic E-state index is -0.749. The lowest BCUT2D eigenvalue weighted by Gasteiger charge is -2.17. The first kappa shape index (κ1) is 17.5. The van der Waals surface area contributed by atoms with Gasteiger partial charge in [0.2, 0.25) is 0 Å². The number of carbonyl (C=O) groups is 1. The molecule has 1 amide bonds. The number of methoxy groups -OCH3 is 2. The highest BCUT2D eigenvalue weighted by molar-refractivity contribution is 6.35. The van der Waals surface area contributed by atoms with E-state index in [0.29, 0.717) is 17.1 Å². The molecule has 0 fully saturated rings. The zero-order valence-corrected chi connectivity index (χ0v) is 13.9. The molecule has 1 aromatic carbocycles. The van der Waals surface area contributed by atoms with E-state index in [-0.39, 0.29) is 10.7 Å². The number of hydrogen-bond donors (Lipinski definition) is 2. The van der Waals surface area contributed by atoms with Crippen LogP contribution in [0.1, 0.15) is 29.0 Å². The summed E-state index contributed by atoms with van der Waals surface area (Å²) in [5, 5.41) is 18.8. The van der Waals surface area contributed by atoms with Crippen molar-refractivity contribution in [3.8, 4) is 11.5 Å². The van der Waals surface area contributed by atoms with Crippen LogP contribution in [-0.4, -0.2) is 35.2 Å². The summed E-state index contributed by atoms with van der Waals surface area (Å²) in [4.78, 5) is 22.3. The van der Waals surface area contributed by atoms with Gasteiger partial charge in [-0.1, -0.05) is 16.7 Å². The van der Waals surface area contributed by atoms with Gasteiger partial charge in [0.05, 0.1) is 20.3 Å². The third kappa shape index (κ3) is 3.40. The van der Waals surface area contributed by atoms with Crippen LogP contribution in [0.2, 0.25) is 5.02 Å². The summed E-state index contributed by atoms with van der Waals surface area (Å²) < 4.78 is 10.4. The zero-order valence-electron chi connectivity index (χ0n) is 13.1. The van der Waals surface area contributed by atoms with E-state index in [9.17, 15) is 14.9 Å². The van der Waals surface area contributed by atoms with Crippen LogP contribution in [0.4, 0.5) is 5.82 Å². The Hall–Kier alpha value is -2.81. The number of rotatable bonds is 6. The smallest absolute Gasteiger partial charge is 0.362 e. The molecule has 1 heterocycles. The van der Waals surface area contributed by atoms with Crippen LogP contribution in [0.25, 0.3) is 0 Å². The van der Waals surface area contributed by atoms with Gasteiger partial charge in [0, 0.05) is 5.56 Å². The van der Waals surface area contributed by atoms with E-state index >= 15 is 0 Å². The fraction of sp³-hybridized carbons (Fsp3) is 0.286. The molecule has 0 aliphatic rings. The molecule has 2 N–H and O–H groups in total. The van der Waals surface area contributed by atoms with Gasteiger partial charge < -0.3 is 24.9 Å².